The van der Waals surface area contributed by atoms with Gasteiger partial charge in [0.25, 0.3) is 0 Å². The molecule has 0 bridgehead atoms. The van der Waals surface area contributed by atoms with E-state index in [0.717, 1.165) is 25.0 Å². The summed E-state index contributed by atoms with van der Waals surface area (Å²) in [6.45, 7) is 4.06. The van der Waals surface area contributed by atoms with E-state index >= 15 is 0 Å². The Kier molecular flexibility index (Phi) is 7.46. The predicted molar refractivity (Wildman–Crippen MR) is 73.9 cm³/mol. The van der Waals surface area contributed by atoms with Gasteiger partial charge in [0.1, 0.15) is 0 Å². The van der Waals surface area contributed by atoms with Crippen LogP contribution in [0.25, 0.3) is 0 Å². The monoisotopic (exact) mass is 269 g/mol. The summed E-state index contributed by atoms with van der Waals surface area (Å²) in [5.74, 6) is 0.0754. The maximum atomic E-state index is 11.5. The highest BCUT2D eigenvalue weighted by molar-refractivity contribution is 6.30. The lowest BCUT2D eigenvalue weighted by molar-refractivity contribution is -0.121. The summed E-state index contributed by atoms with van der Waals surface area (Å²) < 4.78 is 5.19. The van der Waals surface area contributed by atoms with E-state index < -0.39 is 0 Å². The Hall–Kier alpha value is -1.06. The number of amides is 1. The lowest BCUT2D eigenvalue weighted by Gasteiger charge is -2.05. The van der Waals surface area contributed by atoms with Gasteiger partial charge in [0.15, 0.2) is 0 Å². The van der Waals surface area contributed by atoms with Crippen molar-refractivity contribution in [3.05, 3.63) is 34.9 Å². The molecule has 100 valence electrons. The van der Waals surface area contributed by atoms with Gasteiger partial charge in [-0.05, 0) is 37.5 Å². The molecule has 0 aromatic heterocycles. The topological polar surface area (TPSA) is 38.3 Å². The third-order valence-electron chi connectivity index (χ3n) is 2.52. The zero-order valence-corrected chi connectivity index (χ0v) is 11.5. The van der Waals surface area contributed by atoms with Crippen LogP contribution in [0.2, 0.25) is 5.02 Å². The van der Waals surface area contributed by atoms with Crippen LogP contribution in [0.1, 0.15) is 25.3 Å². The highest BCUT2D eigenvalue weighted by Gasteiger charge is 2.02. The second-order valence-corrected chi connectivity index (χ2v) is 4.47. The van der Waals surface area contributed by atoms with Crippen molar-refractivity contribution in [3.8, 4) is 0 Å². The fourth-order valence-electron chi connectivity index (χ4n) is 1.59. The second kappa shape index (κ2) is 8.95. The largest absolute Gasteiger partial charge is 0.382 e. The number of hydrogen-bond donors (Lipinski definition) is 1. The molecule has 0 radical (unpaired) electrons. The summed E-state index contributed by atoms with van der Waals surface area (Å²) in [4.78, 5) is 11.5. The molecule has 0 aliphatic heterocycles. The van der Waals surface area contributed by atoms with Gasteiger partial charge in [-0.25, -0.2) is 0 Å². The van der Waals surface area contributed by atoms with Crippen LogP contribution >= 0.6 is 11.6 Å². The molecule has 0 aliphatic carbocycles. The molecule has 0 fully saturated rings. The van der Waals surface area contributed by atoms with Crippen molar-refractivity contribution in [1.29, 1.82) is 0 Å². The smallest absolute Gasteiger partial charge is 0.220 e. The molecular weight excluding hydrogens is 250 g/mol. The average Bonchev–Trinajstić information content (AvgIpc) is 2.36. The van der Waals surface area contributed by atoms with Crippen molar-refractivity contribution in [2.75, 3.05) is 19.8 Å². The van der Waals surface area contributed by atoms with Gasteiger partial charge in [-0.15, -0.1) is 0 Å². The number of aryl methyl sites for hydroxylation is 1. The maximum absolute atomic E-state index is 11.5. The fourth-order valence-corrected chi connectivity index (χ4v) is 1.80. The van der Waals surface area contributed by atoms with Crippen LogP contribution in [0.5, 0.6) is 0 Å². The van der Waals surface area contributed by atoms with Crippen molar-refractivity contribution in [2.45, 2.75) is 26.2 Å². The zero-order chi connectivity index (χ0) is 13.2. The van der Waals surface area contributed by atoms with Gasteiger partial charge >= 0.3 is 0 Å². The summed E-state index contributed by atoms with van der Waals surface area (Å²) in [5.41, 5.74) is 1.09. The summed E-state index contributed by atoms with van der Waals surface area (Å²) >= 11 is 5.88. The number of carbonyl (C=O) groups is 1. The Morgan fingerprint density at radius 3 is 3.00 bits per heavy atom. The Labute approximate surface area is 113 Å². The van der Waals surface area contributed by atoms with Gasteiger partial charge < -0.3 is 10.1 Å². The van der Waals surface area contributed by atoms with E-state index in [1.54, 1.807) is 0 Å². The van der Waals surface area contributed by atoms with Crippen LogP contribution in [0, 0.1) is 0 Å². The fraction of sp³-hybridized carbons (Fsp3) is 0.500. The molecular formula is C14H20ClNO2. The molecule has 0 heterocycles. The number of benzene rings is 1. The molecule has 1 amide bonds. The number of hydrogen-bond acceptors (Lipinski definition) is 2. The number of ether oxygens (including phenoxy) is 1. The molecule has 1 aromatic carbocycles. The normalized spacial score (nSPS) is 10.3. The maximum Gasteiger partial charge on any atom is 0.220 e. The van der Waals surface area contributed by atoms with E-state index in [1.165, 1.54) is 0 Å². The van der Waals surface area contributed by atoms with E-state index in [9.17, 15) is 4.79 Å². The molecule has 0 aliphatic rings. The molecule has 4 heteroatoms. The molecule has 0 saturated carbocycles. The highest BCUT2D eigenvalue weighted by Crippen LogP contribution is 2.11. The van der Waals surface area contributed by atoms with Crippen molar-refractivity contribution in [1.82, 2.24) is 5.32 Å². The number of halogens is 1. The van der Waals surface area contributed by atoms with Crippen LogP contribution in [0.4, 0.5) is 0 Å². The molecule has 1 rings (SSSR count). The van der Waals surface area contributed by atoms with E-state index in [-0.39, 0.29) is 5.91 Å². The highest BCUT2D eigenvalue weighted by atomic mass is 35.5. The minimum atomic E-state index is 0.0754. The predicted octanol–water partition coefficient (Wildman–Crippen LogP) is 2.82. The third-order valence-corrected chi connectivity index (χ3v) is 2.76. The van der Waals surface area contributed by atoms with Crippen molar-refractivity contribution in [3.63, 3.8) is 0 Å². The Morgan fingerprint density at radius 2 is 2.28 bits per heavy atom. The molecule has 0 atom stereocenters. The first-order valence-electron chi connectivity index (χ1n) is 6.31. The summed E-state index contributed by atoms with van der Waals surface area (Å²) in [6, 6.07) is 7.61. The first-order valence-corrected chi connectivity index (χ1v) is 6.69. The lowest BCUT2D eigenvalue weighted by atomic mass is 10.1. The number of rotatable bonds is 8. The van der Waals surface area contributed by atoms with Gasteiger partial charge in [-0.1, -0.05) is 23.7 Å². The molecule has 1 N–H and O–H groups in total. The van der Waals surface area contributed by atoms with Crippen LogP contribution < -0.4 is 5.32 Å². The molecule has 3 nitrogen and oxygen atoms in total. The molecule has 0 saturated heterocycles. The van der Waals surface area contributed by atoms with Crippen molar-refractivity contribution >= 4 is 17.5 Å². The second-order valence-electron chi connectivity index (χ2n) is 4.03. The van der Waals surface area contributed by atoms with E-state index in [4.69, 9.17) is 16.3 Å². The summed E-state index contributed by atoms with van der Waals surface area (Å²) in [5, 5.41) is 3.59. The quantitative estimate of drug-likeness (QED) is 0.737. The first-order chi connectivity index (χ1) is 8.72. The summed E-state index contributed by atoms with van der Waals surface area (Å²) in [6.07, 6.45) is 2.07. The van der Waals surface area contributed by atoms with Gasteiger partial charge in [0.2, 0.25) is 5.91 Å². The minimum absolute atomic E-state index is 0.0754. The Bertz CT molecular complexity index is 369. The van der Waals surface area contributed by atoms with Crippen LogP contribution in [0.15, 0.2) is 24.3 Å². The number of nitrogens with one attached hydrogen (secondary N) is 1. The third kappa shape index (κ3) is 6.62. The van der Waals surface area contributed by atoms with Gasteiger partial charge in [-0.3, -0.25) is 4.79 Å². The molecule has 0 unspecified atom stereocenters. The van der Waals surface area contributed by atoms with Crippen LogP contribution in [-0.4, -0.2) is 25.7 Å². The number of carbonyl (C=O) groups excluding carboxylic acids is 1. The lowest BCUT2D eigenvalue weighted by Crippen LogP contribution is -2.25. The van der Waals surface area contributed by atoms with Gasteiger partial charge in [0.05, 0.1) is 0 Å². The molecule has 18 heavy (non-hydrogen) atoms. The summed E-state index contributed by atoms with van der Waals surface area (Å²) in [7, 11) is 0. The first kappa shape index (κ1) is 15.0. The Balaban J connectivity index is 2.13. The standard InChI is InChI=1S/C14H20ClNO2/c1-2-18-10-4-9-16-14(17)8-7-12-5-3-6-13(15)11-12/h3,5-6,11H,2,4,7-10H2,1H3,(H,16,17). The van der Waals surface area contributed by atoms with Crippen LogP contribution in [0.3, 0.4) is 0 Å². The van der Waals surface area contributed by atoms with Gasteiger partial charge in [-0.2, -0.15) is 0 Å². The van der Waals surface area contributed by atoms with E-state index in [0.29, 0.717) is 24.6 Å². The molecule has 1 aromatic rings. The van der Waals surface area contributed by atoms with Gasteiger partial charge in [0, 0.05) is 31.2 Å². The van der Waals surface area contributed by atoms with E-state index in [1.807, 2.05) is 31.2 Å². The van der Waals surface area contributed by atoms with E-state index in [2.05, 4.69) is 5.32 Å². The van der Waals surface area contributed by atoms with Crippen molar-refractivity contribution in [2.24, 2.45) is 0 Å². The molecule has 0 spiro atoms. The SMILES string of the molecule is CCOCCCNC(=O)CCc1cccc(Cl)c1. The Morgan fingerprint density at radius 1 is 1.44 bits per heavy atom. The minimum Gasteiger partial charge on any atom is -0.382 e. The zero-order valence-electron chi connectivity index (χ0n) is 10.7. The average molecular weight is 270 g/mol. The van der Waals surface area contributed by atoms with Crippen LogP contribution in [-0.2, 0) is 16.0 Å². The van der Waals surface area contributed by atoms with Crippen molar-refractivity contribution < 1.29 is 9.53 Å².